The lowest BCUT2D eigenvalue weighted by atomic mass is 10.2. The molecule has 0 aromatic carbocycles. The van der Waals surface area contributed by atoms with Gasteiger partial charge in [0.1, 0.15) is 0 Å². The lowest BCUT2D eigenvalue weighted by molar-refractivity contribution is 1.01. The molecule has 72 valence electrons. The minimum atomic E-state index is 0.739. The maximum atomic E-state index is 5.45. The Kier molecular flexibility index (Phi) is 4.19. The minimum absolute atomic E-state index is 0.739. The predicted octanol–water partition coefficient (Wildman–Crippen LogP) is 3.06. The van der Waals surface area contributed by atoms with E-state index in [4.69, 9.17) is 5.73 Å². The Labute approximate surface area is 84.3 Å². The van der Waals surface area contributed by atoms with Gasteiger partial charge < -0.3 is 5.73 Å². The third kappa shape index (κ3) is 2.98. The third-order valence-corrected chi connectivity index (χ3v) is 3.38. The maximum Gasteiger partial charge on any atom is 0.0299 e. The summed E-state index contributed by atoms with van der Waals surface area (Å²) in [7, 11) is 0. The van der Waals surface area contributed by atoms with Crippen LogP contribution in [0.4, 0.5) is 0 Å². The van der Waals surface area contributed by atoms with Gasteiger partial charge in [-0.15, -0.1) is 11.3 Å². The first-order chi connectivity index (χ1) is 6.27. The highest BCUT2D eigenvalue weighted by Crippen LogP contribution is 2.24. The average molecular weight is 195 g/mol. The van der Waals surface area contributed by atoms with Gasteiger partial charge in [0.2, 0.25) is 0 Å². The molecule has 0 aliphatic rings. The molecule has 0 bridgehead atoms. The van der Waals surface area contributed by atoms with Gasteiger partial charge in [0.05, 0.1) is 0 Å². The van der Waals surface area contributed by atoms with Crippen molar-refractivity contribution in [1.29, 1.82) is 0 Å². The Morgan fingerprint density at radius 1 is 1.54 bits per heavy atom. The molecule has 1 rings (SSSR count). The fourth-order valence-electron chi connectivity index (χ4n) is 1.18. The lowest BCUT2D eigenvalue weighted by Crippen LogP contribution is -1.95. The zero-order valence-corrected chi connectivity index (χ0v) is 9.16. The largest absolute Gasteiger partial charge is 0.330 e. The van der Waals surface area contributed by atoms with Gasteiger partial charge >= 0.3 is 0 Å². The van der Waals surface area contributed by atoms with Crippen molar-refractivity contribution in [2.45, 2.75) is 26.7 Å². The van der Waals surface area contributed by atoms with Crippen LogP contribution in [0.25, 0.3) is 5.57 Å². The SMILES string of the molecule is CCc1ccc(C(C)=CCCN)s1. The maximum absolute atomic E-state index is 5.45. The van der Waals surface area contributed by atoms with E-state index in [1.165, 1.54) is 15.3 Å². The van der Waals surface area contributed by atoms with Crippen molar-refractivity contribution < 1.29 is 0 Å². The lowest BCUT2D eigenvalue weighted by Gasteiger charge is -1.95. The molecule has 0 saturated carbocycles. The predicted molar refractivity (Wildman–Crippen MR) is 61.0 cm³/mol. The van der Waals surface area contributed by atoms with Gasteiger partial charge in [-0.05, 0) is 44.0 Å². The fraction of sp³-hybridized carbons (Fsp3) is 0.455. The summed E-state index contributed by atoms with van der Waals surface area (Å²) in [4.78, 5) is 2.83. The fourth-order valence-corrected chi connectivity index (χ4v) is 2.12. The first-order valence-electron chi connectivity index (χ1n) is 4.73. The highest BCUT2D eigenvalue weighted by atomic mass is 32.1. The van der Waals surface area contributed by atoms with Crippen molar-refractivity contribution in [3.8, 4) is 0 Å². The number of thiophene rings is 1. The van der Waals surface area contributed by atoms with Gasteiger partial charge in [-0.3, -0.25) is 0 Å². The first kappa shape index (κ1) is 10.5. The number of hydrogen-bond donors (Lipinski definition) is 1. The normalized spacial score (nSPS) is 12.1. The molecule has 1 aromatic rings. The molecule has 2 heteroatoms. The molecule has 1 heterocycles. The second-order valence-corrected chi connectivity index (χ2v) is 4.25. The summed E-state index contributed by atoms with van der Waals surface area (Å²) in [6.07, 6.45) is 4.32. The molecule has 0 spiro atoms. The second kappa shape index (κ2) is 5.20. The molecule has 1 nitrogen and oxygen atoms in total. The molecule has 0 aliphatic heterocycles. The molecule has 1 aromatic heterocycles. The molecule has 2 N–H and O–H groups in total. The third-order valence-electron chi connectivity index (χ3n) is 2.02. The topological polar surface area (TPSA) is 26.0 Å². The monoisotopic (exact) mass is 195 g/mol. The second-order valence-electron chi connectivity index (χ2n) is 3.08. The molecule has 0 atom stereocenters. The number of allylic oxidation sites excluding steroid dienone is 1. The summed E-state index contributed by atoms with van der Waals surface area (Å²) < 4.78 is 0. The van der Waals surface area contributed by atoms with Crippen molar-refractivity contribution in [2.75, 3.05) is 6.54 Å². The van der Waals surface area contributed by atoms with Crippen molar-refractivity contribution in [2.24, 2.45) is 5.73 Å². The van der Waals surface area contributed by atoms with Gasteiger partial charge in [-0.25, -0.2) is 0 Å². The van der Waals surface area contributed by atoms with Crippen LogP contribution in [0.1, 0.15) is 30.0 Å². The average Bonchev–Trinajstić information content (AvgIpc) is 2.62. The summed E-state index contributed by atoms with van der Waals surface area (Å²) in [6, 6.07) is 4.41. The first-order valence-corrected chi connectivity index (χ1v) is 5.55. The Morgan fingerprint density at radius 3 is 2.85 bits per heavy atom. The van der Waals surface area contributed by atoms with Gasteiger partial charge in [-0.1, -0.05) is 13.0 Å². The molecular weight excluding hydrogens is 178 g/mol. The minimum Gasteiger partial charge on any atom is -0.330 e. The summed E-state index contributed by atoms with van der Waals surface area (Å²) in [5.74, 6) is 0. The van der Waals surface area contributed by atoms with Crippen LogP contribution in [0.2, 0.25) is 0 Å². The van der Waals surface area contributed by atoms with Crippen LogP contribution in [0.15, 0.2) is 18.2 Å². The van der Waals surface area contributed by atoms with Gasteiger partial charge in [0.25, 0.3) is 0 Å². The number of rotatable bonds is 4. The van der Waals surface area contributed by atoms with Crippen molar-refractivity contribution in [3.05, 3.63) is 28.0 Å². The highest BCUT2D eigenvalue weighted by Gasteiger charge is 1.99. The van der Waals surface area contributed by atoms with Crippen molar-refractivity contribution in [1.82, 2.24) is 0 Å². The number of nitrogens with two attached hydrogens (primary N) is 1. The van der Waals surface area contributed by atoms with E-state index in [-0.39, 0.29) is 0 Å². The van der Waals surface area contributed by atoms with E-state index in [1.54, 1.807) is 0 Å². The van der Waals surface area contributed by atoms with E-state index < -0.39 is 0 Å². The zero-order chi connectivity index (χ0) is 9.68. The van der Waals surface area contributed by atoms with Crippen LogP contribution in [0.5, 0.6) is 0 Å². The molecule has 0 radical (unpaired) electrons. The van der Waals surface area contributed by atoms with E-state index >= 15 is 0 Å². The van der Waals surface area contributed by atoms with Crippen LogP contribution < -0.4 is 5.73 Å². The van der Waals surface area contributed by atoms with Crippen LogP contribution >= 0.6 is 11.3 Å². The van der Waals surface area contributed by atoms with E-state index in [0.29, 0.717) is 0 Å². The van der Waals surface area contributed by atoms with Crippen LogP contribution in [-0.4, -0.2) is 6.54 Å². The number of aryl methyl sites for hydroxylation is 1. The molecule has 0 aliphatic carbocycles. The van der Waals surface area contributed by atoms with E-state index in [0.717, 1.165) is 19.4 Å². The molecule has 0 saturated heterocycles. The highest BCUT2D eigenvalue weighted by molar-refractivity contribution is 7.13. The molecule has 13 heavy (non-hydrogen) atoms. The molecule has 0 amide bonds. The molecule has 0 fully saturated rings. The van der Waals surface area contributed by atoms with Crippen molar-refractivity contribution in [3.63, 3.8) is 0 Å². The Bertz CT molecular complexity index is 286. The van der Waals surface area contributed by atoms with E-state index in [9.17, 15) is 0 Å². The smallest absolute Gasteiger partial charge is 0.0299 e. The number of hydrogen-bond acceptors (Lipinski definition) is 2. The van der Waals surface area contributed by atoms with Crippen LogP contribution in [-0.2, 0) is 6.42 Å². The van der Waals surface area contributed by atoms with Gasteiger partial charge in [0, 0.05) is 9.75 Å². The summed E-state index contributed by atoms with van der Waals surface area (Å²) in [5, 5.41) is 0. The zero-order valence-electron chi connectivity index (χ0n) is 8.34. The van der Waals surface area contributed by atoms with Gasteiger partial charge in [0.15, 0.2) is 0 Å². The Hall–Kier alpha value is -0.600. The van der Waals surface area contributed by atoms with E-state index in [2.05, 4.69) is 32.1 Å². The Balaban J connectivity index is 2.70. The van der Waals surface area contributed by atoms with Crippen molar-refractivity contribution >= 4 is 16.9 Å². The van der Waals surface area contributed by atoms with Crippen LogP contribution in [0.3, 0.4) is 0 Å². The summed E-state index contributed by atoms with van der Waals surface area (Å²) in [5.41, 5.74) is 6.80. The summed E-state index contributed by atoms with van der Waals surface area (Å²) in [6.45, 7) is 5.08. The van der Waals surface area contributed by atoms with Gasteiger partial charge in [-0.2, -0.15) is 0 Å². The quantitative estimate of drug-likeness (QED) is 0.785. The standard InChI is InChI=1S/C11H17NS/c1-3-10-6-7-11(13-10)9(2)5-4-8-12/h5-7H,3-4,8,12H2,1-2H3. The van der Waals surface area contributed by atoms with Crippen LogP contribution in [0, 0.1) is 0 Å². The van der Waals surface area contributed by atoms with E-state index in [1.807, 2.05) is 11.3 Å². The summed E-state index contributed by atoms with van der Waals surface area (Å²) >= 11 is 1.88. The Morgan fingerprint density at radius 2 is 2.31 bits per heavy atom. The molecule has 0 unspecified atom stereocenters. The molecular formula is C11H17NS.